The van der Waals surface area contributed by atoms with Crippen LogP contribution in [-0.2, 0) is 16.1 Å². The second-order valence-electron chi connectivity index (χ2n) is 3.94. The number of ether oxygens (including phenoxy) is 1. The first-order chi connectivity index (χ1) is 10.1. The summed E-state index contributed by atoms with van der Waals surface area (Å²) in [5, 5.41) is 13.2. The number of carbonyl (C=O) groups is 2. The standard InChI is InChI=1S/C12H12BrN5O3/c1-2-21-12(20)11-15-16-17-18(11)7-10(19)14-9-5-3-4-8(13)6-9/h3-6H,2,7H2,1H3,(H,14,19). The molecule has 0 spiro atoms. The Kier molecular flexibility index (Phi) is 4.99. The molecule has 0 fully saturated rings. The van der Waals surface area contributed by atoms with Crippen LogP contribution in [0.3, 0.4) is 0 Å². The number of hydrogen-bond acceptors (Lipinski definition) is 6. The number of carbonyl (C=O) groups excluding carboxylic acids is 2. The molecule has 1 aromatic carbocycles. The van der Waals surface area contributed by atoms with Gasteiger partial charge in [-0.1, -0.05) is 22.0 Å². The third-order valence-electron chi connectivity index (χ3n) is 2.39. The Bertz CT molecular complexity index is 658. The number of halogens is 1. The fourth-order valence-corrected chi connectivity index (χ4v) is 1.95. The maximum absolute atomic E-state index is 11.9. The van der Waals surface area contributed by atoms with Crippen LogP contribution in [0.4, 0.5) is 5.69 Å². The summed E-state index contributed by atoms with van der Waals surface area (Å²) in [7, 11) is 0. The van der Waals surface area contributed by atoms with Gasteiger partial charge in [0.15, 0.2) is 0 Å². The van der Waals surface area contributed by atoms with Gasteiger partial charge in [0.2, 0.25) is 5.91 Å². The van der Waals surface area contributed by atoms with E-state index >= 15 is 0 Å². The van der Waals surface area contributed by atoms with Crippen molar-refractivity contribution >= 4 is 33.5 Å². The van der Waals surface area contributed by atoms with E-state index in [1.54, 1.807) is 25.1 Å². The molecule has 1 aromatic heterocycles. The SMILES string of the molecule is CCOC(=O)c1nnnn1CC(=O)Nc1cccc(Br)c1. The normalized spacial score (nSPS) is 10.2. The quantitative estimate of drug-likeness (QED) is 0.812. The van der Waals surface area contributed by atoms with E-state index in [4.69, 9.17) is 4.74 Å². The number of nitrogens with zero attached hydrogens (tertiary/aromatic N) is 4. The molecule has 0 unspecified atom stereocenters. The third-order valence-corrected chi connectivity index (χ3v) is 2.88. The van der Waals surface area contributed by atoms with Crippen molar-refractivity contribution in [3.63, 3.8) is 0 Å². The summed E-state index contributed by atoms with van der Waals surface area (Å²) in [4.78, 5) is 23.5. The van der Waals surface area contributed by atoms with Crippen LogP contribution in [0.15, 0.2) is 28.7 Å². The summed E-state index contributed by atoms with van der Waals surface area (Å²) in [6, 6.07) is 7.13. The molecule has 9 heteroatoms. The number of esters is 1. The van der Waals surface area contributed by atoms with Crippen molar-refractivity contribution in [1.29, 1.82) is 0 Å². The molecule has 21 heavy (non-hydrogen) atoms. The number of tetrazole rings is 1. The maximum atomic E-state index is 11.9. The highest BCUT2D eigenvalue weighted by Gasteiger charge is 2.18. The molecule has 0 aliphatic heterocycles. The molecule has 1 amide bonds. The minimum absolute atomic E-state index is 0.110. The van der Waals surface area contributed by atoms with Gasteiger partial charge < -0.3 is 10.1 Å². The zero-order valence-corrected chi connectivity index (χ0v) is 12.7. The molecular formula is C12H12BrN5O3. The van der Waals surface area contributed by atoms with E-state index in [-0.39, 0.29) is 24.9 Å². The van der Waals surface area contributed by atoms with Gasteiger partial charge in [-0.15, -0.1) is 5.10 Å². The van der Waals surface area contributed by atoms with Crippen LogP contribution in [-0.4, -0.2) is 38.7 Å². The van der Waals surface area contributed by atoms with Gasteiger partial charge in [0.25, 0.3) is 5.82 Å². The van der Waals surface area contributed by atoms with Crippen LogP contribution < -0.4 is 5.32 Å². The van der Waals surface area contributed by atoms with Crippen molar-refractivity contribution in [2.45, 2.75) is 13.5 Å². The summed E-state index contributed by atoms with van der Waals surface area (Å²) >= 11 is 3.31. The van der Waals surface area contributed by atoms with Crippen LogP contribution in [0.2, 0.25) is 0 Å². The Balaban J connectivity index is 2.03. The molecule has 0 aliphatic carbocycles. The second-order valence-corrected chi connectivity index (χ2v) is 4.85. The van der Waals surface area contributed by atoms with Gasteiger partial charge in [0, 0.05) is 10.2 Å². The summed E-state index contributed by atoms with van der Waals surface area (Å²) in [5.41, 5.74) is 0.625. The highest BCUT2D eigenvalue weighted by molar-refractivity contribution is 9.10. The lowest BCUT2D eigenvalue weighted by Crippen LogP contribution is -2.23. The van der Waals surface area contributed by atoms with Crippen LogP contribution in [0, 0.1) is 0 Å². The number of hydrogen-bond donors (Lipinski definition) is 1. The Hall–Kier alpha value is -2.29. The molecule has 0 bridgehead atoms. The van der Waals surface area contributed by atoms with E-state index in [2.05, 4.69) is 36.8 Å². The molecule has 1 N–H and O–H groups in total. The number of anilines is 1. The molecule has 0 atom stereocenters. The largest absolute Gasteiger partial charge is 0.460 e. The first kappa shape index (κ1) is 15.1. The number of amides is 1. The minimum atomic E-state index is -0.669. The molecule has 8 nitrogen and oxygen atoms in total. The topological polar surface area (TPSA) is 99.0 Å². The molecular weight excluding hydrogens is 342 g/mol. The summed E-state index contributed by atoms with van der Waals surface area (Å²) in [5.74, 6) is -1.13. The molecule has 1 heterocycles. The molecule has 0 radical (unpaired) electrons. The van der Waals surface area contributed by atoms with Gasteiger partial charge in [-0.2, -0.15) is 0 Å². The Morgan fingerprint density at radius 3 is 2.95 bits per heavy atom. The molecule has 0 saturated carbocycles. The fraction of sp³-hybridized carbons (Fsp3) is 0.250. The zero-order chi connectivity index (χ0) is 15.2. The lowest BCUT2D eigenvalue weighted by atomic mass is 10.3. The van der Waals surface area contributed by atoms with Gasteiger partial charge in [-0.25, -0.2) is 9.48 Å². The smallest absolute Gasteiger partial charge is 0.378 e. The average Bonchev–Trinajstić information content (AvgIpc) is 2.87. The van der Waals surface area contributed by atoms with Gasteiger partial charge >= 0.3 is 5.97 Å². The first-order valence-electron chi connectivity index (χ1n) is 6.09. The second kappa shape index (κ2) is 6.93. The van der Waals surface area contributed by atoms with Crippen molar-refractivity contribution in [3.05, 3.63) is 34.6 Å². The number of aromatic nitrogens is 4. The van der Waals surface area contributed by atoms with Crippen LogP contribution >= 0.6 is 15.9 Å². The number of rotatable bonds is 5. The van der Waals surface area contributed by atoms with Crippen LogP contribution in [0.25, 0.3) is 0 Å². The van der Waals surface area contributed by atoms with Gasteiger partial charge in [-0.3, -0.25) is 4.79 Å². The Labute approximate surface area is 128 Å². The Morgan fingerprint density at radius 1 is 1.43 bits per heavy atom. The highest BCUT2D eigenvalue weighted by atomic mass is 79.9. The number of nitrogens with one attached hydrogen (secondary N) is 1. The maximum Gasteiger partial charge on any atom is 0.378 e. The van der Waals surface area contributed by atoms with E-state index in [0.717, 1.165) is 9.15 Å². The first-order valence-corrected chi connectivity index (χ1v) is 6.88. The minimum Gasteiger partial charge on any atom is -0.460 e. The van der Waals surface area contributed by atoms with E-state index < -0.39 is 5.97 Å². The Morgan fingerprint density at radius 2 is 2.24 bits per heavy atom. The summed E-state index contributed by atoms with van der Waals surface area (Å²) in [6.07, 6.45) is 0. The van der Waals surface area contributed by atoms with E-state index in [1.807, 2.05) is 6.07 Å². The zero-order valence-electron chi connectivity index (χ0n) is 11.1. The van der Waals surface area contributed by atoms with Crippen molar-refractivity contribution < 1.29 is 14.3 Å². The van der Waals surface area contributed by atoms with E-state index in [9.17, 15) is 9.59 Å². The van der Waals surface area contributed by atoms with Crippen molar-refractivity contribution in [2.75, 3.05) is 11.9 Å². The third kappa shape index (κ3) is 4.09. The van der Waals surface area contributed by atoms with Crippen molar-refractivity contribution in [2.24, 2.45) is 0 Å². The van der Waals surface area contributed by atoms with Crippen molar-refractivity contribution in [3.8, 4) is 0 Å². The lowest BCUT2D eigenvalue weighted by molar-refractivity contribution is -0.116. The predicted octanol–water partition coefficient (Wildman–Crippen LogP) is 1.25. The summed E-state index contributed by atoms with van der Waals surface area (Å²) < 4.78 is 6.73. The number of benzene rings is 1. The molecule has 110 valence electrons. The fourth-order valence-electron chi connectivity index (χ4n) is 1.56. The van der Waals surface area contributed by atoms with Gasteiger partial charge in [0.1, 0.15) is 6.54 Å². The van der Waals surface area contributed by atoms with E-state index in [1.165, 1.54) is 0 Å². The summed E-state index contributed by atoms with van der Waals surface area (Å²) in [6.45, 7) is 1.69. The van der Waals surface area contributed by atoms with Crippen LogP contribution in [0.1, 0.15) is 17.5 Å². The van der Waals surface area contributed by atoms with Crippen molar-refractivity contribution in [1.82, 2.24) is 20.2 Å². The van der Waals surface area contributed by atoms with E-state index in [0.29, 0.717) is 5.69 Å². The monoisotopic (exact) mass is 353 g/mol. The lowest BCUT2D eigenvalue weighted by Gasteiger charge is -2.06. The highest BCUT2D eigenvalue weighted by Crippen LogP contribution is 2.15. The molecule has 2 rings (SSSR count). The predicted molar refractivity (Wildman–Crippen MR) is 76.5 cm³/mol. The molecule has 0 aliphatic rings. The average molecular weight is 354 g/mol. The molecule has 0 saturated heterocycles. The molecule has 2 aromatic rings. The van der Waals surface area contributed by atoms with Gasteiger partial charge in [0.05, 0.1) is 6.61 Å². The van der Waals surface area contributed by atoms with Crippen LogP contribution in [0.5, 0.6) is 0 Å². The van der Waals surface area contributed by atoms with Gasteiger partial charge in [-0.05, 0) is 35.5 Å².